The Morgan fingerprint density at radius 3 is 2.67 bits per heavy atom. The summed E-state index contributed by atoms with van der Waals surface area (Å²) in [4.78, 5) is 0. The Hall–Kier alpha value is -0.530. The van der Waals surface area contributed by atoms with Gasteiger partial charge in [0.15, 0.2) is 0 Å². The first-order chi connectivity index (χ1) is 2.89. The monoisotopic (exact) mass is 83.1 g/mol. The highest BCUT2D eigenvalue weighted by Crippen LogP contribution is 1.92. The van der Waals surface area contributed by atoms with Crippen LogP contribution in [0.2, 0.25) is 0 Å². The van der Waals surface area contributed by atoms with Gasteiger partial charge in [0.1, 0.15) is 5.84 Å². The minimum Gasteiger partial charge on any atom is -0.372 e. The molecular formula is C4H7N2. The Labute approximate surface area is 37.1 Å². The van der Waals surface area contributed by atoms with Crippen LogP contribution >= 0.6 is 0 Å². The first-order valence-electron chi connectivity index (χ1n) is 2.18. The Bertz CT molecular complexity index is 59.9. The second-order valence-corrected chi connectivity index (χ2v) is 1.48. The van der Waals surface area contributed by atoms with Gasteiger partial charge in [0.25, 0.3) is 0 Å². The molecule has 33 valence electrons. The van der Waals surface area contributed by atoms with Gasteiger partial charge >= 0.3 is 0 Å². The van der Waals surface area contributed by atoms with Crippen LogP contribution in [0, 0.1) is 0 Å². The van der Waals surface area contributed by atoms with Crippen molar-refractivity contribution < 1.29 is 0 Å². The zero-order chi connectivity index (χ0) is 4.41. The maximum absolute atomic E-state index is 8.53. The van der Waals surface area contributed by atoms with E-state index in [0.29, 0.717) is 5.84 Å². The van der Waals surface area contributed by atoms with Crippen LogP contribution < -0.4 is 10.7 Å². The van der Waals surface area contributed by atoms with Crippen molar-refractivity contribution in [1.29, 1.82) is 0 Å². The summed E-state index contributed by atoms with van der Waals surface area (Å²) in [5.74, 6) is 0.454. The molecule has 1 aliphatic rings. The average molecular weight is 83.1 g/mol. The molecule has 1 N–H and O–H groups in total. The van der Waals surface area contributed by atoms with E-state index in [9.17, 15) is 0 Å². The molecule has 1 rings (SSSR count). The standard InChI is InChI=1S/C4H7N2/c5-4-2-1-3-6-4/h6H,1-3H2. The summed E-state index contributed by atoms with van der Waals surface area (Å²) in [6.45, 7) is 0.950. The minimum absolute atomic E-state index is 0.454. The Morgan fingerprint density at radius 1 is 1.67 bits per heavy atom. The third-order valence-electron chi connectivity index (χ3n) is 0.919. The van der Waals surface area contributed by atoms with Gasteiger partial charge in [-0.15, -0.1) is 5.41 Å². The predicted molar refractivity (Wildman–Crippen MR) is 24.4 cm³/mol. The van der Waals surface area contributed by atoms with Gasteiger partial charge in [0.2, 0.25) is 0 Å². The van der Waals surface area contributed by atoms with Gasteiger partial charge < -0.3 is 5.32 Å². The maximum Gasteiger partial charge on any atom is 0.125 e. The largest absolute Gasteiger partial charge is 0.372 e. The summed E-state index contributed by atoms with van der Waals surface area (Å²) in [6, 6.07) is 0. The SMILES string of the molecule is [N]=C1CCCN1. The first-order valence-corrected chi connectivity index (χ1v) is 2.18. The van der Waals surface area contributed by atoms with Crippen LogP contribution in [-0.2, 0) is 0 Å². The van der Waals surface area contributed by atoms with Crippen LogP contribution in [0.25, 0.3) is 0 Å². The Morgan fingerprint density at radius 2 is 2.50 bits per heavy atom. The second-order valence-electron chi connectivity index (χ2n) is 1.48. The summed E-state index contributed by atoms with van der Waals surface area (Å²) >= 11 is 0. The molecular weight excluding hydrogens is 76.1 g/mol. The summed E-state index contributed by atoms with van der Waals surface area (Å²) in [5, 5.41) is 11.3. The molecule has 1 aliphatic heterocycles. The molecule has 1 heterocycles. The van der Waals surface area contributed by atoms with Crippen molar-refractivity contribution in [3.8, 4) is 0 Å². The third-order valence-corrected chi connectivity index (χ3v) is 0.919. The molecule has 1 radical (unpaired) electrons. The molecule has 1 fully saturated rings. The molecule has 2 heteroatoms. The van der Waals surface area contributed by atoms with Crippen molar-refractivity contribution in [3.05, 3.63) is 0 Å². The molecule has 2 nitrogen and oxygen atoms in total. The van der Waals surface area contributed by atoms with Crippen molar-refractivity contribution in [2.24, 2.45) is 0 Å². The number of hydrogen-bond donors (Lipinski definition) is 1. The van der Waals surface area contributed by atoms with Gasteiger partial charge in [-0.2, -0.15) is 0 Å². The minimum atomic E-state index is 0.454. The van der Waals surface area contributed by atoms with Crippen LogP contribution in [0.3, 0.4) is 0 Å². The van der Waals surface area contributed by atoms with Gasteiger partial charge in [-0.05, 0) is 6.42 Å². The molecule has 6 heavy (non-hydrogen) atoms. The van der Waals surface area contributed by atoms with E-state index < -0.39 is 0 Å². The topological polar surface area (TPSA) is 34.3 Å². The van der Waals surface area contributed by atoms with Gasteiger partial charge in [0.05, 0.1) is 0 Å². The average Bonchev–Trinajstić information content (AvgIpc) is 1.86. The summed E-state index contributed by atoms with van der Waals surface area (Å²) < 4.78 is 0. The zero-order valence-electron chi connectivity index (χ0n) is 3.57. The van der Waals surface area contributed by atoms with Crippen molar-refractivity contribution in [3.63, 3.8) is 0 Å². The van der Waals surface area contributed by atoms with Crippen molar-refractivity contribution in [2.45, 2.75) is 12.8 Å². The summed E-state index contributed by atoms with van der Waals surface area (Å²) in [6.07, 6.45) is 1.94. The fraction of sp³-hybridized carbons (Fsp3) is 0.750. The Balaban J connectivity index is 2.37. The fourth-order valence-electron chi connectivity index (χ4n) is 0.577. The lowest BCUT2D eigenvalue weighted by Gasteiger charge is -1.82. The van der Waals surface area contributed by atoms with E-state index in [4.69, 9.17) is 5.41 Å². The summed E-state index contributed by atoms with van der Waals surface area (Å²) in [5.41, 5.74) is 0. The Kier molecular flexibility index (Phi) is 0.783. The second kappa shape index (κ2) is 1.29. The molecule has 0 aliphatic carbocycles. The highest BCUT2D eigenvalue weighted by molar-refractivity contribution is 5.81. The van der Waals surface area contributed by atoms with Gasteiger partial charge in [0, 0.05) is 13.0 Å². The van der Waals surface area contributed by atoms with Crippen LogP contribution in [0.4, 0.5) is 0 Å². The van der Waals surface area contributed by atoms with Crippen molar-refractivity contribution >= 4 is 5.84 Å². The van der Waals surface area contributed by atoms with E-state index in [2.05, 4.69) is 5.32 Å². The smallest absolute Gasteiger partial charge is 0.125 e. The van der Waals surface area contributed by atoms with Crippen LogP contribution in [0.5, 0.6) is 0 Å². The molecule has 1 saturated heterocycles. The van der Waals surface area contributed by atoms with E-state index in [1.807, 2.05) is 0 Å². The molecule has 0 aromatic carbocycles. The van der Waals surface area contributed by atoms with Gasteiger partial charge in [-0.3, -0.25) is 0 Å². The first kappa shape index (κ1) is 3.65. The lowest BCUT2D eigenvalue weighted by molar-refractivity contribution is 0.912. The van der Waals surface area contributed by atoms with E-state index >= 15 is 0 Å². The van der Waals surface area contributed by atoms with Crippen molar-refractivity contribution in [2.75, 3.05) is 6.54 Å². The fourth-order valence-corrected chi connectivity index (χ4v) is 0.577. The van der Waals surface area contributed by atoms with Gasteiger partial charge in [-0.1, -0.05) is 0 Å². The van der Waals surface area contributed by atoms with Crippen LogP contribution in [0.1, 0.15) is 12.8 Å². The number of nitrogens with one attached hydrogen (secondary N) is 1. The predicted octanol–water partition coefficient (Wildman–Crippen LogP) is -0.432. The molecule has 0 spiro atoms. The highest BCUT2D eigenvalue weighted by atomic mass is 14.9. The number of hydrogen-bond acceptors (Lipinski definition) is 0. The van der Waals surface area contributed by atoms with E-state index in [-0.39, 0.29) is 0 Å². The molecule has 0 atom stereocenters. The number of amidine groups is 1. The van der Waals surface area contributed by atoms with E-state index in [1.54, 1.807) is 0 Å². The summed E-state index contributed by atoms with van der Waals surface area (Å²) in [7, 11) is 0. The third kappa shape index (κ3) is 0.506. The quantitative estimate of drug-likeness (QED) is 0.423. The zero-order valence-corrected chi connectivity index (χ0v) is 3.57. The molecule has 0 unspecified atom stereocenters. The lowest BCUT2D eigenvalue weighted by Crippen LogP contribution is -2.14. The van der Waals surface area contributed by atoms with E-state index in [0.717, 1.165) is 19.4 Å². The number of rotatable bonds is 0. The van der Waals surface area contributed by atoms with E-state index in [1.165, 1.54) is 0 Å². The van der Waals surface area contributed by atoms with Crippen LogP contribution in [-0.4, -0.2) is 12.4 Å². The van der Waals surface area contributed by atoms with Gasteiger partial charge in [-0.25, -0.2) is 0 Å². The molecule has 0 saturated carbocycles. The lowest BCUT2D eigenvalue weighted by atomic mass is 10.4. The van der Waals surface area contributed by atoms with Crippen molar-refractivity contribution in [1.82, 2.24) is 10.7 Å². The molecule has 0 amide bonds. The maximum atomic E-state index is 8.53. The molecule has 0 bridgehead atoms. The number of nitrogens with zero attached hydrogens (tertiary/aromatic N) is 1. The normalized spacial score (nSPS) is 21.0. The molecule has 0 aromatic heterocycles. The van der Waals surface area contributed by atoms with Crippen LogP contribution in [0.15, 0.2) is 0 Å². The highest BCUT2D eigenvalue weighted by Gasteiger charge is 2.02. The molecule has 0 aromatic rings.